The first kappa shape index (κ1) is 25.2. The summed E-state index contributed by atoms with van der Waals surface area (Å²) in [6.45, 7) is 1.98. The molecule has 8 heteroatoms. The summed E-state index contributed by atoms with van der Waals surface area (Å²) in [6.07, 6.45) is -5.09. The Balaban J connectivity index is 1.69. The number of carboxylic acids is 1. The van der Waals surface area contributed by atoms with Gasteiger partial charge in [-0.05, 0) is 42.3 Å². The first-order valence-corrected chi connectivity index (χ1v) is 11.8. The van der Waals surface area contributed by atoms with E-state index in [9.17, 15) is 27.5 Å². The highest BCUT2D eigenvalue weighted by atomic mass is 19.4. The van der Waals surface area contributed by atoms with Crippen LogP contribution in [-0.4, -0.2) is 16.9 Å². The monoisotopic (exact) mass is 518 g/mol. The second-order valence-corrected chi connectivity index (χ2v) is 9.09. The molecule has 0 radical (unpaired) electrons. The number of aliphatic imine (C=N–C) groups is 1. The van der Waals surface area contributed by atoms with Crippen molar-refractivity contribution < 1.29 is 27.5 Å². The molecule has 1 atom stereocenters. The number of halogens is 4. The van der Waals surface area contributed by atoms with Gasteiger partial charge in [0.2, 0.25) is 0 Å². The molecule has 0 bridgehead atoms. The van der Waals surface area contributed by atoms with Crippen LogP contribution < -0.4 is 4.90 Å². The van der Waals surface area contributed by atoms with Gasteiger partial charge in [-0.3, -0.25) is 4.79 Å². The zero-order valence-electron chi connectivity index (χ0n) is 20.2. The van der Waals surface area contributed by atoms with Gasteiger partial charge in [0, 0.05) is 16.8 Å². The Morgan fingerprint density at radius 1 is 0.895 bits per heavy atom. The number of aliphatic carboxylic acids is 1. The quantitative estimate of drug-likeness (QED) is 0.273. The number of rotatable bonds is 5. The molecule has 0 saturated carbocycles. The fraction of sp³-hybridized carbons (Fsp3) is 0.133. The van der Waals surface area contributed by atoms with Gasteiger partial charge in [0.25, 0.3) is 0 Å². The molecule has 4 aromatic rings. The molecule has 1 aliphatic heterocycles. The van der Waals surface area contributed by atoms with Gasteiger partial charge < -0.3 is 10.0 Å². The van der Waals surface area contributed by atoms with Crippen molar-refractivity contribution in [2.75, 3.05) is 4.90 Å². The van der Waals surface area contributed by atoms with Crippen LogP contribution in [0.25, 0.3) is 11.1 Å². The standard InChI is InChI=1S/C30H22F4N2O2/c1-18-5-2-6-21(15-18)19-11-13-20(14-12-19)29-35-28-24(9-4-10-25(28)31)26(17-27(37)38)36(29)23-8-3-7-22(16-23)30(32,33)34/h2-16,26H,17H2,1H3,(H,37,38). The van der Waals surface area contributed by atoms with Crippen molar-refractivity contribution in [1.29, 1.82) is 0 Å². The van der Waals surface area contributed by atoms with Crippen molar-refractivity contribution in [2.45, 2.75) is 25.6 Å². The maximum Gasteiger partial charge on any atom is 0.416 e. The van der Waals surface area contributed by atoms with E-state index in [1.54, 1.807) is 18.2 Å². The molecule has 5 rings (SSSR count). The molecule has 1 aliphatic rings. The molecule has 0 fully saturated rings. The first-order valence-electron chi connectivity index (χ1n) is 11.8. The van der Waals surface area contributed by atoms with Crippen molar-refractivity contribution >= 4 is 23.2 Å². The van der Waals surface area contributed by atoms with E-state index in [-0.39, 0.29) is 22.8 Å². The predicted molar refractivity (Wildman–Crippen MR) is 138 cm³/mol. The van der Waals surface area contributed by atoms with E-state index in [2.05, 4.69) is 4.99 Å². The van der Waals surface area contributed by atoms with Crippen molar-refractivity contribution in [3.8, 4) is 11.1 Å². The van der Waals surface area contributed by atoms with Gasteiger partial charge in [-0.2, -0.15) is 13.2 Å². The smallest absolute Gasteiger partial charge is 0.416 e. The summed E-state index contributed by atoms with van der Waals surface area (Å²) in [6, 6.07) is 22.9. The van der Waals surface area contributed by atoms with E-state index in [1.165, 1.54) is 29.2 Å². The minimum atomic E-state index is -4.61. The van der Waals surface area contributed by atoms with Crippen LogP contribution in [0.3, 0.4) is 0 Å². The lowest BCUT2D eigenvalue weighted by atomic mass is 9.94. The fourth-order valence-electron chi connectivity index (χ4n) is 4.71. The summed E-state index contributed by atoms with van der Waals surface area (Å²) in [7, 11) is 0. The summed E-state index contributed by atoms with van der Waals surface area (Å²) in [5, 5.41) is 9.71. The number of carboxylic acid groups (broad SMARTS) is 1. The third kappa shape index (κ3) is 4.89. The summed E-state index contributed by atoms with van der Waals surface area (Å²) in [4.78, 5) is 17.9. The third-order valence-corrected chi connectivity index (χ3v) is 6.45. The summed E-state index contributed by atoms with van der Waals surface area (Å²) in [5.74, 6) is -1.67. The average Bonchev–Trinajstić information content (AvgIpc) is 2.88. The van der Waals surface area contributed by atoms with Gasteiger partial charge in [-0.15, -0.1) is 0 Å². The molecule has 1 unspecified atom stereocenters. The van der Waals surface area contributed by atoms with Gasteiger partial charge in [0.15, 0.2) is 0 Å². The number of amidine groups is 1. The van der Waals surface area contributed by atoms with Crippen molar-refractivity contribution in [3.63, 3.8) is 0 Å². The molecule has 38 heavy (non-hydrogen) atoms. The zero-order chi connectivity index (χ0) is 27.0. The lowest BCUT2D eigenvalue weighted by Gasteiger charge is -2.38. The Hall–Kier alpha value is -4.46. The Morgan fingerprint density at radius 3 is 2.26 bits per heavy atom. The van der Waals surface area contributed by atoms with Crippen LogP contribution in [-0.2, 0) is 11.0 Å². The van der Waals surface area contributed by atoms with Gasteiger partial charge in [-0.1, -0.05) is 72.3 Å². The van der Waals surface area contributed by atoms with Crippen LogP contribution in [0.1, 0.15) is 34.7 Å². The second-order valence-electron chi connectivity index (χ2n) is 9.09. The molecule has 0 spiro atoms. The largest absolute Gasteiger partial charge is 0.481 e. The Bertz CT molecular complexity index is 1540. The molecule has 4 nitrogen and oxygen atoms in total. The maximum absolute atomic E-state index is 14.9. The van der Waals surface area contributed by atoms with E-state index < -0.39 is 36.0 Å². The lowest BCUT2D eigenvalue weighted by Crippen LogP contribution is -2.39. The highest BCUT2D eigenvalue weighted by Gasteiger charge is 2.37. The predicted octanol–water partition coefficient (Wildman–Crippen LogP) is 7.93. The van der Waals surface area contributed by atoms with Crippen LogP contribution in [0, 0.1) is 12.7 Å². The fourth-order valence-corrected chi connectivity index (χ4v) is 4.71. The van der Waals surface area contributed by atoms with Gasteiger partial charge in [0.1, 0.15) is 17.3 Å². The molecule has 4 aromatic carbocycles. The zero-order valence-corrected chi connectivity index (χ0v) is 20.2. The lowest BCUT2D eigenvalue weighted by molar-refractivity contribution is -0.138. The number of nitrogens with zero attached hydrogens (tertiary/aromatic N) is 2. The number of benzene rings is 4. The summed E-state index contributed by atoms with van der Waals surface area (Å²) in [5.41, 5.74) is 2.95. The van der Waals surface area contributed by atoms with Crippen molar-refractivity contribution in [1.82, 2.24) is 0 Å². The minimum absolute atomic E-state index is 0.0280. The number of para-hydroxylation sites is 1. The Morgan fingerprint density at radius 2 is 1.58 bits per heavy atom. The molecule has 0 aromatic heterocycles. The number of hydrogen-bond acceptors (Lipinski definition) is 3. The number of hydrogen-bond donors (Lipinski definition) is 1. The molecule has 0 amide bonds. The molecule has 1 N–H and O–H groups in total. The van der Waals surface area contributed by atoms with Crippen LogP contribution in [0.2, 0.25) is 0 Å². The van der Waals surface area contributed by atoms with E-state index in [4.69, 9.17) is 0 Å². The molecule has 192 valence electrons. The van der Waals surface area contributed by atoms with E-state index >= 15 is 0 Å². The van der Waals surface area contributed by atoms with E-state index in [0.717, 1.165) is 28.8 Å². The minimum Gasteiger partial charge on any atom is -0.481 e. The summed E-state index contributed by atoms with van der Waals surface area (Å²) < 4.78 is 55.7. The number of alkyl halides is 3. The molecule has 0 aliphatic carbocycles. The van der Waals surface area contributed by atoms with Crippen molar-refractivity contribution in [3.05, 3.63) is 119 Å². The third-order valence-electron chi connectivity index (χ3n) is 6.45. The molecule has 1 heterocycles. The average molecular weight is 519 g/mol. The van der Waals surface area contributed by atoms with Gasteiger partial charge in [-0.25, -0.2) is 9.38 Å². The first-order chi connectivity index (χ1) is 18.1. The summed E-state index contributed by atoms with van der Waals surface area (Å²) >= 11 is 0. The van der Waals surface area contributed by atoms with Crippen LogP contribution in [0.5, 0.6) is 0 Å². The highest BCUT2D eigenvalue weighted by molar-refractivity contribution is 6.13. The van der Waals surface area contributed by atoms with E-state index in [1.807, 2.05) is 43.3 Å². The number of carbonyl (C=O) groups is 1. The Kier molecular flexibility index (Phi) is 6.48. The van der Waals surface area contributed by atoms with Gasteiger partial charge >= 0.3 is 12.1 Å². The maximum atomic E-state index is 14.9. The normalized spacial score (nSPS) is 15.1. The van der Waals surface area contributed by atoms with Crippen molar-refractivity contribution in [2.24, 2.45) is 4.99 Å². The van der Waals surface area contributed by atoms with Crippen LogP contribution in [0.4, 0.5) is 28.9 Å². The SMILES string of the molecule is Cc1cccc(-c2ccc(C3=Nc4c(F)cccc4C(CC(=O)O)N3c3cccc(C(F)(F)F)c3)cc2)c1. The molecule has 0 saturated heterocycles. The van der Waals surface area contributed by atoms with Crippen LogP contribution in [0.15, 0.2) is 96.0 Å². The van der Waals surface area contributed by atoms with Gasteiger partial charge in [0.05, 0.1) is 18.0 Å². The molecular weight excluding hydrogens is 496 g/mol. The van der Waals surface area contributed by atoms with E-state index in [0.29, 0.717) is 5.56 Å². The Labute approximate surface area is 216 Å². The number of fused-ring (bicyclic) bond motifs is 1. The number of aryl methyl sites for hydroxylation is 1. The molecular formula is C30H22F4N2O2. The highest BCUT2D eigenvalue weighted by Crippen LogP contribution is 2.43. The number of anilines is 1. The second kappa shape index (κ2) is 9.78. The topological polar surface area (TPSA) is 52.9 Å². The van der Waals surface area contributed by atoms with Crippen LogP contribution >= 0.6 is 0 Å².